The summed E-state index contributed by atoms with van der Waals surface area (Å²) < 4.78 is 20.0. The van der Waals surface area contributed by atoms with Crippen molar-refractivity contribution in [2.45, 2.75) is 44.2 Å². The van der Waals surface area contributed by atoms with Crippen molar-refractivity contribution in [2.24, 2.45) is 0 Å². The summed E-state index contributed by atoms with van der Waals surface area (Å²) in [6.07, 6.45) is 3.25. The molecule has 0 spiro atoms. The van der Waals surface area contributed by atoms with Crippen molar-refractivity contribution < 1.29 is 19.0 Å². The van der Waals surface area contributed by atoms with Gasteiger partial charge in [-0.3, -0.25) is 9.36 Å². The van der Waals surface area contributed by atoms with Gasteiger partial charge in [0, 0.05) is 5.56 Å². The number of amides is 1. The van der Waals surface area contributed by atoms with Gasteiger partial charge in [-0.15, -0.1) is 6.58 Å². The summed E-state index contributed by atoms with van der Waals surface area (Å²) in [4.78, 5) is 25.5. The summed E-state index contributed by atoms with van der Waals surface area (Å²) in [5.74, 6) is -0.673. The maximum absolute atomic E-state index is 12.5. The topological polar surface area (TPSA) is 100 Å². The molecule has 9 nitrogen and oxygen atoms in total. The lowest BCUT2D eigenvalue weighted by Crippen LogP contribution is -2.27. The van der Waals surface area contributed by atoms with E-state index in [1.54, 1.807) is 41.2 Å². The second kappa shape index (κ2) is 6.98. The van der Waals surface area contributed by atoms with Crippen LogP contribution in [0.3, 0.4) is 0 Å². The van der Waals surface area contributed by atoms with Crippen molar-refractivity contribution in [3.05, 3.63) is 61.2 Å². The van der Waals surface area contributed by atoms with Gasteiger partial charge in [0.15, 0.2) is 29.0 Å². The van der Waals surface area contributed by atoms with Crippen molar-refractivity contribution in [3.8, 4) is 0 Å². The van der Waals surface area contributed by atoms with Crippen LogP contribution < -0.4 is 5.32 Å². The number of carbonyl (C=O) groups excluding carboxylic acids is 1. The van der Waals surface area contributed by atoms with Gasteiger partial charge in [0.1, 0.15) is 24.6 Å². The lowest BCUT2D eigenvalue weighted by atomic mass is 10.1. The normalized spacial score (nSPS) is 27.1. The zero-order valence-corrected chi connectivity index (χ0v) is 16.6. The number of hydrogen-bond donors (Lipinski definition) is 1. The molecule has 0 bridgehead atoms. The monoisotopic (exact) mass is 407 g/mol. The number of rotatable bonds is 4. The van der Waals surface area contributed by atoms with Crippen molar-refractivity contribution in [1.82, 2.24) is 19.5 Å². The molecule has 3 aromatic rings. The molecule has 1 aromatic carbocycles. The minimum Gasteiger partial charge on any atom is -0.345 e. The van der Waals surface area contributed by atoms with E-state index < -0.39 is 12.0 Å². The molecule has 2 aliphatic rings. The Kier molecular flexibility index (Phi) is 4.39. The Bertz CT molecular complexity index is 1110. The smallest absolute Gasteiger partial charge is 0.256 e. The lowest BCUT2D eigenvalue weighted by molar-refractivity contribution is -0.191. The molecule has 2 aliphatic heterocycles. The standard InChI is InChI=1S/C21H21N5O4/c1-4-13-15-16(30-21(2,3)29-15)20(28-13)26-11-24-14-17(22-10-23-18(14)26)25-19(27)12-8-6-5-7-9-12/h4-11,13,15-16,20H,1H2,2-3H3,(H,22,23,25,27)/t13-,15-,16-,20-/m1/s1. The van der Waals surface area contributed by atoms with E-state index in [-0.39, 0.29) is 24.2 Å². The van der Waals surface area contributed by atoms with Gasteiger partial charge in [-0.25, -0.2) is 15.0 Å². The van der Waals surface area contributed by atoms with E-state index in [0.29, 0.717) is 22.5 Å². The molecule has 4 atom stereocenters. The second-order valence-electron chi connectivity index (χ2n) is 7.66. The lowest BCUT2D eigenvalue weighted by Gasteiger charge is -2.23. The zero-order chi connectivity index (χ0) is 20.9. The van der Waals surface area contributed by atoms with Gasteiger partial charge in [0.05, 0.1) is 6.33 Å². The summed E-state index contributed by atoms with van der Waals surface area (Å²) in [7, 11) is 0. The highest BCUT2D eigenvalue weighted by atomic mass is 16.8. The Morgan fingerprint density at radius 3 is 2.70 bits per heavy atom. The number of nitrogens with zero attached hydrogens (tertiary/aromatic N) is 4. The highest BCUT2D eigenvalue weighted by Crippen LogP contribution is 2.44. The number of imidazole rings is 1. The molecule has 30 heavy (non-hydrogen) atoms. The number of benzene rings is 1. The summed E-state index contributed by atoms with van der Waals surface area (Å²) >= 11 is 0. The van der Waals surface area contributed by atoms with E-state index in [1.165, 1.54) is 6.33 Å². The number of nitrogens with one attached hydrogen (secondary N) is 1. The van der Waals surface area contributed by atoms with Crippen LogP contribution in [-0.2, 0) is 14.2 Å². The number of anilines is 1. The molecular formula is C21H21N5O4. The van der Waals surface area contributed by atoms with Crippen LogP contribution in [0, 0.1) is 0 Å². The average molecular weight is 407 g/mol. The average Bonchev–Trinajstić information content (AvgIpc) is 3.39. The molecule has 154 valence electrons. The maximum atomic E-state index is 12.5. The first-order valence-electron chi connectivity index (χ1n) is 9.64. The Morgan fingerprint density at radius 1 is 1.17 bits per heavy atom. The first-order chi connectivity index (χ1) is 14.5. The molecule has 2 fully saturated rings. The van der Waals surface area contributed by atoms with E-state index in [9.17, 15) is 4.79 Å². The van der Waals surface area contributed by atoms with Gasteiger partial charge in [-0.05, 0) is 26.0 Å². The van der Waals surface area contributed by atoms with E-state index in [1.807, 2.05) is 19.9 Å². The highest BCUT2D eigenvalue weighted by Gasteiger charge is 2.55. The molecule has 1 N–H and O–H groups in total. The summed E-state index contributed by atoms with van der Waals surface area (Å²) in [5, 5.41) is 2.81. The first kappa shape index (κ1) is 18.9. The Morgan fingerprint density at radius 2 is 1.93 bits per heavy atom. The molecule has 0 radical (unpaired) electrons. The van der Waals surface area contributed by atoms with Crippen LogP contribution in [0.4, 0.5) is 5.82 Å². The molecule has 0 aliphatic carbocycles. The largest absolute Gasteiger partial charge is 0.345 e. The number of carbonyl (C=O) groups is 1. The zero-order valence-electron chi connectivity index (χ0n) is 16.6. The van der Waals surface area contributed by atoms with Crippen molar-refractivity contribution in [3.63, 3.8) is 0 Å². The Labute approximate surface area is 172 Å². The third kappa shape index (κ3) is 3.07. The molecule has 1 amide bonds. The SMILES string of the molecule is C=C[C@H]1O[C@@H](n2cnc3c(NC(=O)c4ccccc4)ncnc32)[C@@H]2OC(C)(C)O[C@@H]21. The van der Waals surface area contributed by atoms with Crippen molar-refractivity contribution in [2.75, 3.05) is 5.32 Å². The van der Waals surface area contributed by atoms with E-state index >= 15 is 0 Å². The summed E-state index contributed by atoms with van der Waals surface area (Å²) in [6.45, 7) is 7.58. The van der Waals surface area contributed by atoms with Gasteiger partial charge >= 0.3 is 0 Å². The van der Waals surface area contributed by atoms with Crippen molar-refractivity contribution >= 4 is 22.9 Å². The van der Waals surface area contributed by atoms with Crippen LogP contribution in [-0.4, -0.2) is 49.5 Å². The van der Waals surface area contributed by atoms with E-state index in [2.05, 4.69) is 26.8 Å². The Hall–Kier alpha value is -3.14. The van der Waals surface area contributed by atoms with Gasteiger partial charge in [0.25, 0.3) is 5.91 Å². The molecular weight excluding hydrogens is 386 g/mol. The van der Waals surface area contributed by atoms with Gasteiger partial charge in [-0.1, -0.05) is 24.3 Å². The second-order valence-corrected chi connectivity index (χ2v) is 7.66. The van der Waals surface area contributed by atoms with E-state index in [4.69, 9.17) is 14.2 Å². The number of fused-ring (bicyclic) bond motifs is 2. The summed E-state index contributed by atoms with van der Waals surface area (Å²) in [6, 6.07) is 8.91. The minimum absolute atomic E-state index is 0.275. The predicted octanol–water partition coefficient (Wildman–Crippen LogP) is 2.68. The minimum atomic E-state index is -0.723. The summed E-state index contributed by atoms with van der Waals surface area (Å²) in [5.41, 5.74) is 1.51. The van der Waals surface area contributed by atoms with E-state index in [0.717, 1.165) is 0 Å². The molecule has 0 saturated carbocycles. The van der Waals surface area contributed by atoms with Gasteiger partial charge in [0.2, 0.25) is 0 Å². The fourth-order valence-electron chi connectivity index (χ4n) is 3.92. The van der Waals surface area contributed by atoms with Crippen LogP contribution >= 0.6 is 0 Å². The molecule has 4 heterocycles. The molecule has 9 heteroatoms. The quantitative estimate of drug-likeness (QED) is 0.664. The van der Waals surface area contributed by atoms with Crippen LogP contribution in [0.2, 0.25) is 0 Å². The third-order valence-electron chi connectivity index (χ3n) is 5.20. The fourth-order valence-corrected chi connectivity index (χ4v) is 3.92. The third-order valence-corrected chi connectivity index (χ3v) is 5.20. The fraction of sp³-hybridized carbons (Fsp3) is 0.333. The van der Waals surface area contributed by atoms with Gasteiger partial charge < -0.3 is 19.5 Å². The maximum Gasteiger partial charge on any atom is 0.256 e. The van der Waals surface area contributed by atoms with Crippen LogP contribution in [0.15, 0.2) is 55.6 Å². The van der Waals surface area contributed by atoms with Crippen LogP contribution in [0.25, 0.3) is 11.2 Å². The number of aromatic nitrogens is 4. The molecule has 2 saturated heterocycles. The van der Waals surface area contributed by atoms with Crippen molar-refractivity contribution in [1.29, 1.82) is 0 Å². The van der Waals surface area contributed by atoms with Crippen LogP contribution in [0.1, 0.15) is 30.4 Å². The Balaban J connectivity index is 1.48. The van der Waals surface area contributed by atoms with Crippen LogP contribution in [0.5, 0.6) is 0 Å². The molecule has 0 unspecified atom stereocenters. The number of hydrogen-bond acceptors (Lipinski definition) is 7. The number of ether oxygens (including phenoxy) is 3. The molecule has 2 aromatic heterocycles. The predicted molar refractivity (Wildman–Crippen MR) is 108 cm³/mol. The van der Waals surface area contributed by atoms with Gasteiger partial charge in [-0.2, -0.15) is 0 Å². The first-order valence-corrected chi connectivity index (χ1v) is 9.64. The highest BCUT2D eigenvalue weighted by molar-refractivity contribution is 6.06. The molecule has 5 rings (SSSR count).